The molecular weight excluding hydrogens is 609 g/mol. The quantitative estimate of drug-likeness (QED) is 0.126. The highest BCUT2D eigenvalue weighted by Crippen LogP contribution is 2.35. The monoisotopic (exact) mass is 642 g/mol. The van der Waals surface area contributed by atoms with E-state index in [4.69, 9.17) is 19.2 Å². The van der Waals surface area contributed by atoms with Crippen molar-refractivity contribution in [3.63, 3.8) is 0 Å². The summed E-state index contributed by atoms with van der Waals surface area (Å²) in [6, 6.07) is 32.0. The van der Waals surface area contributed by atoms with E-state index in [1.807, 2.05) is 115 Å². The van der Waals surface area contributed by atoms with Crippen LogP contribution in [-0.2, 0) is 22.6 Å². The van der Waals surface area contributed by atoms with Gasteiger partial charge < -0.3 is 14.2 Å². The molecule has 5 aromatic rings. The topological polar surface area (TPSA) is 79.1 Å². The Balaban J connectivity index is 1.49. The van der Waals surface area contributed by atoms with Gasteiger partial charge in [-0.2, -0.15) is 0 Å². The van der Waals surface area contributed by atoms with Gasteiger partial charge in [-0.15, -0.1) is 6.58 Å². The Morgan fingerprint density at radius 1 is 0.979 bits per heavy atom. The van der Waals surface area contributed by atoms with Crippen LogP contribution in [0.15, 0.2) is 131 Å². The molecule has 7 nitrogen and oxygen atoms in total. The third-order valence-electron chi connectivity index (χ3n) is 7.79. The van der Waals surface area contributed by atoms with Crippen LogP contribution in [0.3, 0.4) is 0 Å². The number of rotatable bonds is 11. The Morgan fingerprint density at radius 2 is 1.70 bits per heavy atom. The van der Waals surface area contributed by atoms with Crippen molar-refractivity contribution in [3.05, 3.63) is 169 Å². The molecule has 1 aliphatic rings. The summed E-state index contributed by atoms with van der Waals surface area (Å²) in [5, 5.41) is 0. The summed E-state index contributed by atoms with van der Waals surface area (Å²) in [4.78, 5) is 33.4. The van der Waals surface area contributed by atoms with Crippen LogP contribution < -0.4 is 24.4 Å². The minimum absolute atomic E-state index is 0.183. The number of esters is 1. The fourth-order valence-electron chi connectivity index (χ4n) is 5.57. The summed E-state index contributed by atoms with van der Waals surface area (Å²) in [6.07, 6.45) is 4.30. The Morgan fingerprint density at radius 3 is 2.38 bits per heavy atom. The maximum atomic E-state index is 14.3. The zero-order valence-electron chi connectivity index (χ0n) is 26.2. The summed E-state index contributed by atoms with van der Waals surface area (Å²) in [6.45, 7) is 6.31. The SMILES string of the molecule is C=CCc1cc(/C=c2/sc3n(c2=O)[C@H](c2ccc(OC)cc2)C(C(=O)OCC)=C(c2ccccc2)N=3)ccc1OCc1ccccc1. The number of aromatic nitrogens is 1. The largest absolute Gasteiger partial charge is 0.497 e. The second-order valence-corrected chi connectivity index (χ2v) is 11.8. The van der Waals surface area contributed by atoms with Crippen molar-refractivity contribution >= 4 is 29.1 Å². The lowest BCUT2D eigenvalue weighted by Crippen LogP contribution is -2.40. The lowest BCUT2D eigenvalue weighted by Gasteiger charge is -2.26. The first-order valence-electron chi connectivity index (χ1n) is 15.3. The predicted molar refractivity (Wildman–Crippen MR) is 185 cm³/mol. The minimum Gasteiger partial charge on any atom is -0.497 e. The molecule has 1 aliphatic heterocycles. The molecule has 236 valence electrons. The van der Waals surface area contributed by atoms with Crippen LogP contribution in [0.4, 0.5) is 0 Å². The molecule has 6 rings (SSSR count). The highest BCUT2D eigenvalue weighted by Gasteiger charge is 2.35. The van der Waals surface area contributed by atoms with Gasteiger partial charge in [0.15, 0.2) is 4.80 Å². The summed E-state index contributed by atoms with van der Waals surface area (Å²) >= 11 is 1.29. The van der Waals surface area contributed by atoms with E-state index in [0.717, 1.165) is 33.6 Å². The third kappa shape index (κ3) is 6.73. The highest BCUT2D eigenvalue weighted by atomic mass is 32.1. The molecule has 47 heavy (non-hydrogen) atoms. The summed E-state index contributed by atoms with van der Waals surface area (Å²) in [5.41, 5.74) is 4.90. The zero-order chi connectivity index (χ0) is 32.8. The van der Waals surface area contributed by atoms with E-state index < -0.39 is 12.0 Å². The van der Waals surface area contributed by atoms with Crippen LogP contribution in [0.25, 0.3) is 11.8 Å². The molecule has 1 aromatic heterocycles. The molecule has 1 atom stereocenters. The van der Waals surface area contributed by atoms with E-state index >= 15 is 0 Å². The van der Waals surface area contributed by atoms with E-state index in [1.54, 1.807) is 18.6 Å². The normalized spacial score (nSPS) is 14.3. The average molecular weight is 643 g/mol. The average Bonchev–Trinajstić information content (AvgIpc) is 3.42. The van der Waals surface area contributed by atoms with Gasteiger partial charge >= 0.3 is 5.97 Å². The first-order valence-corrected chi connectivity index (χ1v) is 16.1. The Kier molecular flexibility index (Phi) is 9.59. The number of hydrogen-bond donors (Lipinski definition) is 0. The number of benzene rings is 4. The smallest absolute Gasteiger partial charge is 0.338 e. The molecule has 2 heterocycles. The maximum Gasteiger partial charge on any atom is 0.338 e. The van der Waals surface area contributed by atoms with Gasteiger partial charge in [0.05, 0.1) is 35.6 Å². The van der Waals surface area contributed by atoms with Crippen LogP contribution in [0.1, 0.15) is 40.8 Å². The number of thiazole rings is 1. The summed E-state index contributed by atoms with van der Waals surface area (Å²) < 4.78 is 19.2. The molecule has 0 N–H and O–H groups in total. The van der Waals surface area contributed by atoms with Gasteiger partial charge in [0.1, 0.15) is 18.1 Å². The molecule has 8 heteroatoms. The van der Waals surface area contributed by atoms with E-state index in [-0.39, 0.29) is 12.2 Å². The van der Waals surface area contributed by atoms with E-state index in [2.05, 4.69) is 6.58 Å². The van der Waals surface area contributed by atoms with Crippen molar-refractivity contribution in [2.75, 3.05) is 13.7 Å². The summed E-state index contributed by atoms with van der Waals surface area (Å²) in [5.74, 6) is 0.904. The summed E-state index contributed by atoms with van der Waals surface area (Å²) in [7, 11) is 1.60. The van der Waals surface area contributed by atoms with Crippen LogP contribution in [-0.4, -0.2) is 24.3 Å². The number of nitrogens with zero attached hydrogens (tertiary/aromatic N) is 2. The van der Waals surface area contributed by atoms with Crippen molar-refractivity contribution in [2.45, 2.75) is 26.0 Å². The first kappa shape index (κ1) is 31.5. The molecular formula is C39H34N2O5S. The Hall–Kier alpha value is -5.47. The zero-order valence-corrected chi connectivity index (χ0v) is 27.0. The molecule has 0 saturated heterocycles. The Labute approximate surface area is 277 Å². The van der Waals surface area contributed by atoms with Gasteiger partial charge in [0.2, 0.25) is 0 Å². The van der Waals surface area contributed by atoms with Gasteiger partial charge in [-0.1, -0.05) is 96.3 Å². The van der Waals surface area contributed by atoms with Crippen molar-refractivity contribution in [2.24, 2.45) is 4.99 Å². The molecule has 0 unspecified atom stereocenters. The minimum atomic E-state index is -0.765. The number of carbonyl (C=O) groups excluding carboxylic acids is 1. The number of carbonyl (C=O) groups is 1. The van der Waals surface area contributed by atoms with Crippen molar-refractivity contribution in [1.29, 1.82) is 0 Å². The molecule has 0 bridgehead atoms. The molecule has 0 radical (unpaired) electrons. The van der Waals surface area contributed by atoms with E-state index in [0.29, 0.717) is 39.4 Å². The molecule has 0 fully saturated rings. The van der Waals surface area contributed by atoms with Crippen molar-refractivity contribution in [3.8, 4) is 11.5 Å². The van der Waals surface area contributed by atoms with Gasteiger partial charge in [-0.25, -0.2) is 9.79 Å². The van der Waals surface area contributed by atoms with Crippen molar-refractivity contribution in [1.82, 2.24) is 4.57 Å². The van der Waals surface area contributed by atoms with Gasteiger partial charge in [0, 0.05) is 5.56 Å². The lowest BCUT2D eigenvalue weighted by atomic mass is 9.93. The number of methoxy groups -OCH3 is 1. The number of fused-ring (bicyclic) bond motifs is 1. The standard InChI is InChI=1S/C39H34N2O5S/c1-4-12-30-23-27(17-22-32(30)46-25-26-13-8-6-9-14-26)24-33-37(42)41-36(29-18-20-31(44-3)21-19-29)34(38(43)45-5-2)35(40-39(41)47-33)28-15-10-7-11-16-28/h4,6-11,13-24,36H,1,5,12,25H2,2-3H3/b33-24+/t36-/m1/s1. The fraction of sp³-hybridized carbons (Fsp3) is 0.154. The van der Waals surface area contributed by atoms with Crippen LogP contribution in [0.5, 0.6) is 11.5 Å². The number of hydrogen-bond acceptors (Lipinski definition) is 7. The lowest BCUT2D eigenvalue weighted by molar-refractivity contribution is -0.138. The van der Waals surface area contributed by atoms with Crippen LogP contribution in [0.2, 0.25) is 0 Å². The fourth-order valence-corrected chi connectivity index (χ4v) is 6.57. The molecule has 0 amide bonds. The maximum absolute atomic E-state index is 14.3. The predicted octanol–water partition coefficient (Wildman–Crippen LogP) is 6.25. The van der Waals surface area contributed by atoms with Crippen LogP contribution in [0, 0.1) is 0 Å². The molecule has 0 aliphatic carbocycles. The Bertz CT molecular complexity index is 2110. The van der Waals surface area contributed by atoms with Crippen LogP contribution >= 0.6 is 11.3 Å². The second-order valence-electron chi connectivity index (χ2n) is 10.8. The first-order chi connectivity index (χ1) is 23.0. The third-order valence-corrected chi connectivity index (χ3v) is 8.77. The van der Waals surface area contributed by atoms with E-state index in [1.165, 1.54) is 11.3 Å². The van der Waals surface area contributed by atoms with Gasteiger partial charge in [0.25, 0.3) is 5.56 Å². The van der Waals surface area contributed by atoms with Gasteiger partial charge in [-0.3, -0.25) is 9.36 Å². The second kappa shape index (κ2) is 14.3. The molecule has 4 aromatic carbocycles. The number of ether oxygens (including phenoxy) is 3. The van der Waals surface area contributed by atoms with Gasteiger partial charge in [-0.05, 0) is 65.9 Å². The molecule has 0 saturated carbocycles. The van der Waals surface area contributed by atoms with E-state index in [9.17, 15) is 9.59 Å². The highest BCUT2D eigenvalue weighted by molar-refractivity contribution is 7.07. The number of allylic oxidation sites excluding steroid dienone is 1. The molecule has 0 spiro atoms. The van der Waals surface area contributed by atoms with Crippen molar-refractivity contribution < 1.29 is 19.0 Å².